The van der Waals surface area contributed by atoms with E-state index in [1.165, 1.54) is 11.3 Å². The number of sulfone groups is 1. The van der Waals surface area contributed by atoms with Gasteiger partial charge in [-0.2, -0.15) is 0 Å². The number of nitrogens with one attached hydrogen (secondary N) is 2. The molecule has 1 unspecified atom stereocenters. The number of hydrogen-bond donors (Lipinski definition) is 2. The minimum absolute atomic E-state index is 0.0606. The average molecular weight is 529 g/mol. The summed E-state index contributed by atoms with van der Waals surface area (Å²) in [5.41, 5.74) is 1.61. The largest absolute Gasteiger partial charge is 0.348 e. The average Bonchev–Trinajstić information content (AvgIpc) is 3.24. The quantitative estimate of drug-likeness (QED) is 0.619. The summed E-state index contributed by atoms with van der Waals surface area (Å²) < 4.78 is 38.0. The van der Waals surface area contributed by atoms with Gasteiger partial charge in [-0.1, -0.05) is 12.1 Å². The predicted octanol–water partition coefficient (Wildman–Crippen LogP) is 3.63. The third-order valence-electron chi connectivity index (χ3n) is 5.60. The van der Waals surface area contributed by atoms with E-state index in [-0.39, 0.29) is 33.9 Å². The van der Waals surface area contributed by atoms with Gasteiger partial charge in [0.15, 0.2) is 9.84 Å². The number of carbonyl (C=O) groups excluding carboxylic acids is 2. The maximum atomic E-state index is 14.2. The molecule has 6 nitrogen and oxygen atoms in total. The van der Waals surface area contributed by atoms with Gasteiger partial charge < -0.3 is 10.6 Å². The molecule has 1 fully saturated rings. The minimum Gasteiger partial charge on any atom is -0.348 e. The topological polar surface area (TPSA) is 92.3 Å². The molecule has 1 aromatic carbocycles. The zero-order chi connectivity index (χ0) is 22.2. The van der Waals surface area contributed by atoms with E-state index in [0.717, 1.165) is 36.1 Å². The molecule has 1 aliphatic carbocycles. The number of amides is 2. The molecule has 1 atom stereocenters. The van der Waals surface area contributed by atoms with E-state index in [1.54, 1.807) is 18.2 Å². The Morgan fingerprint density at radius 2 is 2.00 bits per heavy atom. The van der Waals surface area contributed by atoms with Gasteiger partial charge in [0.1, 0.15) is 10.8 Å². The van der Waals surface area contributed by atoms with Gasteiger partial charge >= 0.3 is 0 Å². The summed E-state index contributed by atoms with van der Waals surface area (Å²) in [6.07, 6.45) is 3.80. The Labute approximate surface area is 192 Å². The molecule has 10 heteroatoms. The summed E-state index contributed by atoms with van der Waals surface area (Å²) in [5, 5.41) is 6.09. The number of aryl methyl sites for hydroxylation is 1. The van der Waals surface area contributed by atoms with Crippen LogP contribution in [0.3, 0.4) is 0 Å². The molecular formula is C21H22BrFN2O4S2. The fourth-order valence-corrected chi connectivity index (χ4v) is 7.47. The first-order valence-electron chi connectivity index (χ1n) is 10.1. The van der Waals surface area contributed by atoms with Crippen molar-refractivity contribution in [1.29, 1.82) is 0 Å². The number of halogens is 2. The van der Waals surface area contributed by atoms with Crippen LogP contribution in [0.4, 0.5) is 9.39 Å². The van der Waals surface area contributed by atoms with Crippen LogP contribution in [-0.2, 0) is 33.9 Å². The molecule has 1 aromatic heterocycles. The smallest absolute Gasteiger partial charge is 0.254 e. The Kier molecular flexibility index (Phi) is 6.50. The van der Waals surface area contributed by atoms with Crippen molar-refractivity contribution < 1.29 is 22.4 Å². The van der Waals surface area contributed by atoms with Crippen molar-refractivity contribution in [1.82, 2.24) is 5.32 Å². The standard InChI is InChI=1S/C21H22BrFN2O4S2/c22-15-6-3-4-12(19(15)23)10-17(26)25-21-18(14-5-1-2-7-16(14)30-21)20(27)24-13-8-9-31(28,29)11-13/h3-4,6,13H,1-2,5,7-11H2,(H,24,27)(H,25,26). The lowest BCUT2D eigenvalue weighted by molar-refractivity contribution is -0.115. The van der Waals surface area contributed by atoms with E-state index in [0.29, 0.717) is 17.0 Å². The highest BCUT2D eigenvalue weighted by molar-refractivity contribution is 9.10. The maximum Gasteiger partial charge on any atom is 0.254 e. The van der Waals surface area contributed by atoms with Gasteiger partial charge in [-0.15, -0.1) is 11.3 Å². The molecule has 0 radical (unpaired) electrons. The summed E-state index contributed by atoms with van der Waals surface area (Å²) in [4.78, 5) is 26.8. The molecule has 1 aliphatic heterocycles. The minimum atomic E-state index is -3.12. The van der Waals surface area contributed by atoms with Crippen molar-refractivity contribution in [3.8, 4) is 0 Å². The Bertz CT molecular complexity index is 1150. The molecular weight excluding hydrogens is 507 g/mol. The molecule has 2 N–H and O–H groups in total. The van der Waals surface area contributed by atoms with Gasteiger partial charge in [0.2, 0.25) is 5.91 Å². The summed E-state index contributed by atoms with van der Waals surface area (Å²) in [6, 6.07) is 4.35. The Morgan fingerprint density at radius 3 is 2.74 bits per heavy atom. The predicted molar refractivity (Wildman–Crippen MR) is 122 cm³/mol. The van der Waals surface area contributed by atoms with Gasteiger partial charge in [-0.05, 0) is 65.2 Å². The maximum absolute atomic E-state index is 14.2. The van der Waals surface area contributed by atoms with Crippen molar-refractivity contribution in [2.24, 2.45) is 0 Å². The van der Waals surface area contributed by atoms with Crippen molar-refractivity contribution >= 4 is 53.9 Å². The summed E-state index contributed by atoms with van der Waals surface area (Å²) >= 11 is 4.50. The molecule has 2 aliphatic rings. The van der Waals surface area contributed by atoms with Crippen molar-refractivity contribution in [3.63, 3.8) is 0 Å². The van der Waals surface area contributed by atoms with Gasteiger partial charge in [0.25, 0.3) is 5.91 Å². The first-order valence-corrected chi connectivity index (χ1v) is 13.5. The van der Waals surface area contributed by atoms with E-state index < -0.39 is 27.6 Å². The van der Waals surface area contributed by atoms with E-state index in [2.05, 4.69) is 26.6 Å². The number of fused-ring (bicyclic) bond motifs is 1. The highest BCUT2D eigenvalue weighted by Crippen LogP contribution is 2.38. The first-order chi connectivity index (χ1) is 14.7. The zero-order valence-corrected chi connectivity index (χ0v) is 19.9. The Morgan fingerprint density at radius 1 is 1.23 bits per heavy atom. The lowest BCUT2D eigenvalue weighted by Gasteiger charge is -2.15. The fraction of sp³-hybridized carbons (Fsp3) is 0.429. The number of benzene rings is 1. The van der Waals surface area contributed by atoms with E-state index in [4.69, 9.17) is 0 Å². The van der Waals surface area contributed by atoms with Crippen LogP contribution in [0.1, 0.15) is 45.6 Å². The number of thiophene rings is 1. The van der Waals surface area contributed by atoms with Crippen LogP contribution in [-0.4, -0.2) is 37.8 Å². The van der Waals surface area contributed by atoms with Crippen LogP contribution in [0.25, 0.3) is 0 Å². The lowest BCUT2D eigenvalue weighted by Crippen LogP contribution is -2.36. The fourth-order valence-electron chi connectivity index (χ4n) is 4.09. The monoisotopic (exact) mass is 528 g/mol. The molecule has 0 bridgehead atoms. The van der Waals surface area contributed by atoms with E-state index >= 15 is 0 Å². The second-order valence-corrected chi connectivity index (χ2v) is 12.1. The van der Waals surface area contributed by atoms with Crippen LogP contribution in [0.5, 0.6) is 0 Å². The number of carbonyl (C=O) groups is 2. The van der Waals surface area contributed by atoms with Gasteiger partial charge in [0, 0.05) is 10.9 Å². The molecule has 0 spiro atoms. The molecule has 2 amide bonds. The molecule has 31 heavy (non-hydrogen) atoms. The number of rotatable bonds is 5. The highest BCUT2D eigenvalue weighted by atomic mass is 79.9. The first kappa shape index (κ1) is 22.4. The molecule has 2 aromatic rings. The molecule has 0 saturated carbocycles. The summed E-state index contributed by atoms with van der Waals surface area (Å²) in [6.45, 7) is 0. The van der Waals surface area contributed by atoms with E-state index in [1.807, 2.05) is 0 Å². The van der Waals surface area contributed by atoms with Crippen LogP contribution in [0.2, 0.25) is 0 Å². The van der Waals surface area contributed by atoms with Gasteiger partial charge in [-0.25, -0.2) is 12.8 Å². The highest BCUT2D eigenvalue weighted by Gasteiger charge is 2.32. The molecule has 1 saturated heterocycles. The van der Waals surface area contributed by atoms with E-state index in [9.17, 15) is 22.4 Å². The third-order valence-corrected chi connectivity index (χ3v) is 9.19. The number of hydrogen-bond acceptors (Lipinski definition) is 5. The Balaban J connectivity index is 1.56. The number of anilines is 1. The summed E-state index contributed by atoms with van der Waals surface area (Å²) in [7, 11) is -3.12. The molecule has 166 valence electrons. The van der Waals surface area contributed by atoms with Crippen molar-refractivity contribution in [2.45, 2.75) is 44.6 Å². The van der Waals surface area contributed by atoms with Gasteiger partial charge in [0.05, 0.1) is 28.0 Å². The second-order valence-electron chi connectivity index (χ2n) is 7.93. The Hall–Kier alpha value is -1.78. The molecule has 2 heterocycles. The summed E-state index contributed by atoms with van der Waals surface area (Å²) in [5.74, 6) is -1.24. The normalized spacial score (nSPS) is 19.6. The van der Waals surface area contributed by atoms with Crippen molar-refractivity contribution in [3.05, 3.63) is 50.1 Å². The van der Waals surface area contributed by atoms with Crippen LogP contribution in [0.15, 0.2) is 22.7 Å². The third kappa shape index (κ3) is 5.01. The second kappa shape index (κ2) is 8.99. The molecule has 4 rings (SSSR count). The van der Waals surface area contributed by atoms with Crippen LogP contribution >= 0.6 is 27.3 Å². The van der Waals surface area contributed by atoms with Crippen molar-refractivity contribution in [2.75, 3.05) is 16.8 Å². The lowest BCUT2D eigenvalue weighted by atomic mass is 9.95. The SMILES string of the molecule is O=C(Cc1cccc(Br)c1F)Nc1sc2c(c1C(=O)NC1CCS(=O)(=O)C1)CCCC2. The van der Waals surface area contributed by atoms with Crippen LogP contribution in [0, 0.1) is 5.82 Å². The zero-order valence-electron chi connectivity index (χ0n) is 16.7. The van der Waals surface area contributed by atoms with Crippen LogP contribution < -0.4 is 10.6 Å². The van der Waals surface area contributed by atoms with Gasteiger partial charge in [-0.3, -0.25) is 9.59 Å².